The Morgan fingerprint density at radius 2 is 1.59 bits per heavy atom. The quantitative estimate of drug-likeness (QED) is 0.367. The van der Waals surface area contributed by atoms with Gasteiger partial charge in [-0.25, -0.2) is 0 Å². The second-order valence-corrected chi connectivity index (χ2v) is 7.10. The Balaban J connectivity index is 1.89. The normalized spacial score (nSPS) is 16.3. The molecule has 1 heterocycles. The van der Waals surface area contributed by atoms with Gasteiger partial charge < -0.3 is 0 Å². The van der Waals surface area contributed by atoms with E-state index in [-0.39, 0.29) is 11.6 Å². The van der Waals surface area contributed by atoms with E-state index in [9.17, 15) is 9.59 Å². The number of carbonyl (C=O) groups is 2. The predicted octanol–water partition coefficient (Wildman–Crippen LogP) is 2.62. The molecule has 5 heteroatoms. The molecular weight excluding hydrogens is 343 g/mol. The summed E-state index contributed by atoms with van der Waals surface area (Å²) in [5, 5.41) is 8.33. The van der Waals surface area contributed by atoms with E-state index < -0.39 is 5.92 Å². The van der Waals surface area contributed by atoms with E-state index in [2.05, 4.69) is 15.1 Å². The van der Waals surface area contributed by atoms with Gasteiger partial charge in [0, 0.05) is 0 Å². The van der Waals surface area contributed by atoms with Crippen molar-refractivity contribution >= 4 is 37.5 Å². The van der Waals surface area contributed by atoms with Crippen molar-refractivity contribution in [2.75, 3.05) is 0 Å². The molecule has 0 fully saturated rings. The summed E-state index contributed by atoms with van der Waals surface area (Å²) in [5.41, 5.74) is 2.25. The van der Waals surface area contributed by atoms with Crippen molar-refractivity contribution in [1.29, 1.82) is 0 Å². The summed E-state index contributed by atoms with van der Waals surface area (Å²) in [6.45, 7) is 3.58. The number of fused-ring (bicyclic) bond motifs is 1. The van der Waals surface area contributed by atoms with Crippen molar-refractivity contribution < 1.29 is 9.59 Å². The molecule has 0 atom stereocenters. The molecule has 22 heavy (non-hydrogen) atoms. The first-order chi connectivity index (χ1) is 10.6. The number of benzene rings is 1. The molecule has 0 unspecified atom stereocenters. The summed E-state index contributed by atoms with van der Waals surface area (Å²) in [6, 6.07) is 10.9. The second-order valence-electron chi connectivity index (χ2n) is 5.11. The fourth-order valence-corrected chi connectivity index (χ4v) is 3.88. The number of rotatable bonds is 3. The molecule has 3 rings (SSSR count). The molecule has 0 radical (unpaired) electrons. The Morgan fingerprint density at radius 3 is 2.14 bits per heavy atom. The van der Waals surface area contributed by atoms with E-state index in [1.807, 2.05) is 19.1 Å². The van der Waals surface area contributed by atoms with Crippen LogP contribution in [0.2, 0.25) is 0 Å². The first-order valence-electron chi connectivity index (χ1n) is 6.89. The van der Waals surface area contributed by atoms with Gasteiger partial charge in [-0.3, -0.25) is 0 Å². The third-order valence-corrected chi connectivity index (χ3v) is 5.69. The van der Waals surface area contributed by atoms with Crippen molar-refractivity contribution in [2.24, 2.45) is 16.1 Å². The van der Waals surface area contributed by atoms with E-state index in [1.165, 1.54) is 0 Å². The molecule has 110 valence electrons. The molecule has 0 spiro atoms. The van der Waals surface area contributed by atoms with Gasteiger partial charge in [-0.15, -0.1) is 0 Å². The molecule has 1 aliphatic carbocycles. The minimum atomic E-state index is -0.824. The monoisotopic (exact) mass is 358 g/mol. The zero-order chi connectivity index (χ0) is 15.7. The minimum absolute atomic E-state index is 0.180. The van der Waals surface area contributed by atoms with Crippen LogP contribution in [0.15, 0.2) is 51.5 Å². The number of Topliss-reactive ketones (excluding diaryl/α,β-unsaturated/α-hetero) is 2. The topological polar surface area (TPSA) is 58.9 Å². The van der Waals surface area contributed by atoms with Crippen LogP contribution in [0.4, 0.5) is 0 Å². The van der Waals surface area contributed by atoms with Gasteiger partial charge in [-0.1, -0.05) is 0 Å². The molecule has 1 aromatic heterocycles. The molecule has 0 saturated carbocycles. The summed E-state index contributed by atoms with van der Waals surface area (Å²) >= 11 is 0.298. The zero-order valence-corrected chi connectivity index (χ0v) is 14.0. The van der Waals surface area contributed by atoms with Gasteiger partial charge in [0.25, 0.3) is 0 Å². The van der Waals surface area contributed by atoms with E-state index in [0.29, 0.717) is 31.3 Å². The van der Waals surface area contributed by atoms with Gasteiger partial charge in [-0.05, 0) is 0 Å². The number of hydrogen-bond acceptors (Lipinski definition) is 4. The second kappa shape index (κ2) is 5.95. The van der Waals surface area contributed by atoms with Crippen LogP contribution in [-0.2, 0) is 0 Å². The van der Waals surface area contributed by atoms with Crippen molar-refractivity contribution in [3.05, 3.63) is 56.9 Å². The summed E-state index contributed by atoms with van der Waals surface area (Å²) in [7, 11) is 0. The molecular formula is C17H14N2O2Se. The fraction of sp³-hybridized carbons (Fsp3) is 0.176. The average Bonchev–Trinajstić information content (AvgIpc) is 3.14. The third-order valence-electron chi connectivity index (χ3n) is 3.64. The zero-order valence-electron chi connectivity index (χ0n) is 12.2. The van der Waals surface area contributed by atoms with Crippen molar-refractivity contribution in [2.45, 2.75) is 13.8 Å². The Hall–Kier alpha value is -2.10. The van der Waals surface area contributed by atoms with E-state index in [4.69, 9.17) is 0 Å². The molecule has 0 amide bonds. The van der Waals surface area contributed by atoms with Gasteiger partial charge in [0.1, 0.15) is 0 Å². The molecule has 2 aromatic rings. The number of hydrogen-bond donors (Lipinski definition) is 0. The summed E-state index contributed by atoms with van der Waals surface area (Å²) in [6.07, 6.45) is 0. The van der Waals surface area contributed by atoms with Crippen LogP contribution in [0.1, 0.15) is 39.0 Å². The Morgan fingerprint density at radius 1 is 0.955 bits per heavy atom. The number of carbonyl (C=O) groups excluding carboxylic acids is 2. The molecule has 1 aliphatic rings. The summed E-state index contributed by atoms with van der Waals surface area (Å²) in [4.78, 5) is 26.9. The Bertz CT molecular complexity index is 769. The maximum absolute atomic E-state index is 12.4. The number of ketones is 2. The van der Waals surface area contributed by atoms with Crippen molar-refractivity contribution in [3.63, 3.8) is 0 Å². The first-order valence-corrected chi connectivity index (χ1v) is 8.74. The molecule has 4 nitrogen and oxygen atoms in total. The summed E-state index contributed by atoms with van der Waals surface area (Å²) < 4.78 is 1.16. The van der Waals surface area contributed by atoms with Gasteiger partial charge >= 0.3 is 134 Å². The SMILES string of the molecule is CC(=NN=C(C)C1C(=O)c2ccccc2C1=O)c1ccc[se]1. The standard InChI is InChI=1S/C17H14N2O2Se/c1-10(14-8-5-9-22-14)18-19-11(2)15-16(20)12-6-3-4-7-13(12)17(15)21/h3-9,15H,1-2H3. The van der Waals surface area contributed by atoms with Crippen LogP contribution < -0.4 is 0 Å². The molecule has 0 bridgehead atoms. The fourth-order valence-electron chi connectivity index (χ4n) is 2.47. The van der Waals surface area contributed by atoms with Crippen LogP contribution in [0, 0.1) is 5.92 Å². The maximum atomic E-state index is 12.4. The van der Waals surface area contributed by atoms with E-state index in [1.54, 1.807) is 31.2 Å². The van der Waals surface area contributed by atoms with Gasteiger partial charge in [0.05, 0.1) is 0 Å². The number of nitrogens with zero attached hydrogens (tertiary/aromatic N) is 2. The first kappa shape index (κ1) is 14.8. The van der Waals surface area contributed by atoms with Crippen LogP contribution >= 0.6 is 0 Å². The molecule has 0 aliphatic heterocycles. The molecule has 1 aromatic carbocycles. The van der Waals surface area contributed by atoms with Crippen LogP contribution in [0.25, 0.3) is 0 Å². The van der Waals surface area contributed by atoms with Gasteiger partial charge in [0.15, 0.2) is 0 Å². The molecule has 0 N–H and O–H groups in total. The predicted molar refractivity (Wildman–Crippen MR) is 87.3 cm³/mol. The van der Waals surface area contributed by atoms with E-state index in [0.717, 1.165) is 10.1 Å². The Kier molecular flexibility index (Phi) is 4.01. The summed E-state index contributed by atoms with van der Waals surface area (Å²) in [5.74, 6) is -1.18. The van der Waals surface area contributed by atoms with E-state index >= 15 is 0 Å². The third kappa shape index (κ3) is 2.54. The molecule has 0 saturated heterocycles. The average molecular weight is 357 g/mol. The van der Waals surface area contributed by atoms with Crippen LogP contribution in [-0.4, -0.2) is 37.5 Å². The van der Waals surface area contributed by atoms with Crippen LogP contribution in [0.3, 0.4) is 0 Å². The van der Waals surface area contributed by atoms with Gasteiger partial charge in [-0.2, -0.15) is 0 Å². The van der Waals surface area contributed by atoms with Crippen molar-refractivity contribution in [1.82, 2.24) is 0 Å². The van der Waals surface area contributed by atoms with Gasteiger partial charge in [0.2, 0.25) is 0 Å². The van der Waals surface area contributed by atoms with Crippen LogP contribution in [0.5, 0.6) is 0 Å². The Labute approximate surface area is 134 Å². The van der Waals surface area contributed by atoms with Crippen molar-refractivity contribution in [3.8, 4) is 0 Å².